The molecular weight excluding hydrogens is 388 g/mol. The van der Waals surface area contributed by atoms with Crippen molar-refractivity contribution in [3.63, 3.8) is 0 Å². The Balaban J connectivity index is 2.59. The summed E-state index contributed by atoms with van der Waals surface area (Å²) >= 11 is 0. The molecule has 0 aliphatic heterocycles. The summed E-state index contributed by atoms with van der Waals surface area (Å²) in [4.78, 5) is 35.7. The van der Waals surface area contributed by atoms with Gasteiger partial charge in [0.05, 0.1) is 6.42 Å². The number of carboxylic acids is 1. The third kappa shape index (κ3) is 11.4. The van der Waals surface area contributed by atoms with Gasteiger partial charge in [-0.1, -0.05) is 44.2 Å². The Labute approximate surface area is 178 Å². The number of nitrogens with one attached hydrogen (secondary N) is 2. The fourth-order valence-electron chi connectivity index (χ4n) is 2.73. The van der Waals surface area contributed by atoms with Crippen LogP contribution in [-0.2, 0) is 25.7 Å². The number of rotatable bonds is 11. The lowest BCUT2D eigenvalue weighted by Crippen LogP contribution is -2.49. The molecule has 0 saturated carbocycles. The van der Waals surface area contributed by atoms with E-state index in [1.165, 1.54) is 0 Å². The topological polar surface area (TPSA) is 114 Å². The van der Waals surface area contributed by atoms with Gasteiger partial charge >= 0.3 is 18.0 Å². The monoisotopic (exact) mass is 422 g/mol. The summed E-state index contributed by atoms with van der Waals surface area (Å²) in [5.41, 5.74) is 0.190. The average molecular weight is 423 g/mol. The van der Waals surface area contributed by atoms with Crippen LogP contribution >= 0.6 is 0 Å². The van der Waals surface area contributed by atoms with Crippen molar-refractivity contribution in [1.82, 2.24) is 10.6 Å². The van der Waals surface area contributed by atoms with Crippen molar-refractivity contribution < 1.29 is 29.0 Å². The van der Waals surface area contributed by atoms with Crippen LogP contribution < -0.4 is 10.6 Å². The molecule has 0 heterocycles. The Kier molecular flexibility index (Phi) is 10.3. The normalized spacial score (nSPS) is 13.4. The number of ether oxygens (including phenoxy) is 2. The van der Waals surface area contributed by atoms with Crippen LogP contribution in [0, 0.1) is 5.92 Å². The molecule has 8 nitrogen and oxygen atoms in total. The Bertz CT molecular complexity index is 685. The van der Waals surface area contributed by atoms with E-state index in [1.807, 2.05) is 44.2 Å². The minimum absolute atomic E-state index is 0.0855. The first-order valence-corrected chi connectivity index (χ1v) is 10.1. The number of benzene rings is 1. The molecule has 0 radical (unpaired) electrons. The maximum atomic E-state index is 12.1. The minimum atomic E-state index is -1.16. The fraction of sp³-hybridized carbons (Fsp3) is 0.591. The summed E-state index contributed by atoms with van der Waals surface area (Å²) < 4.78 is 10.4. The van der Waals surface area contributed by atoms with E-state index in [9.17, 15) is 19.5 Å². The van der Waals surface area contributed by atoms with Crippen molar-refractivity contribution in [2.45, 2.75) is 71.8 Å². The lowest BCUT2D eigenvalue weighted by molar-refractivity contribution is -0.150. The second-order valence-electron chi connectivity index (χ2n) is 8.62. The van der Waals surface area contributed by atoms with Crippen molar-refractivity contribution in [3.8, 4) is 0 Å². The van der Waals surface area contributed by atoms with Gasteiger partial charge in [0.15, 0.2) is 0 Å². The number of hydrogen-bond acceptors (Lipinski definition) is 6. The molecule has 0 fully saturated rings. The number of carboxylic acid groups (broad SMARTS) is 1. The van der Waals surface area contributed by atoms with Gasteiger partial charge in [-0.3, -0.25) is 9.59 Å². The van der Waals surface area contributed by atoms with E-state index in [0.717, 1.165) is 5.56 Å². The van der Waals surface area contributed by atoms with Gasteiger partial charge in [-0.05, 0) is 38.7 Å². The summed E-state index contributed by atoms with van der Waals surface area (Å²) in [6, 6.07) is 7.69. The predicted molar refractivity (Wildman–Crippen MR) is 113 cm³/mol. The van der Waals surface area contributed by atoms with Crippen LogP contribution in [0.15, 0.2) is 30.3 Å². The highest BCUT2D eigenvalue weighted by atomic mass is 16.6. The average Bonchev–Trinajstić information content (AvgIpc) is 2.61. The second-order valence-corrected chi connectivity index (χ2v) is 8.62. The zero-order valence-electron chi connectivity index (χ0n) is 18.4. The van der Waals surface area contributed by atoms with Gasteiger partial charge in [-0.2, -0.15) is 0 Å². The van der Waals surface area contributed by atoms with Gasteiger partial charge in [0, 0.05) is 12.6 Å². The maximum Gasteiger partial charge on any atom is 0.407 e. The number of aliphatic carboxylic acids is 1. The predicted octanol–water partition coefficient (Wildman–Crippen LogP) is 3.10. The zero-order valence-corrected chi connectivity index (χ0v) is 18.4. The van der Waals surface area contributed by atoms with Crippen LogP contribution in [-0.4, -0.2) is 47.4 Å². The standard InChI is InChI=1S/C22H34N2O6/c1-15(2)11-17(24-21(28)30-22(3,4)5)13-23-18(20(26)27)12-19(25)29-14-16-9-7-6-8-10-16/h6-10,15,17-18,23H,11-14H2,1-5H3,(H,24,28)(H,26,27). The first kappa shape index (κ1) is 25.4. The summed E-state index contributed by atoms with van der Waals surface area (Å²) in [6.07, 6.45) is -0.260. The highest BCUT2D eigenvalue weighted by Gasteiger charge is 2.25. The molecule has 1 rings (SSSR count). The Morgan fingerprint density at radius 2 is 1.73 bits per heavy atom. The van der Waals surface area contributed by atoms with Gasteiger partial charge < -0.3 is 25.2 Å². The zero-order chi connectivity index (χ0) is 22.7. The summed E-state index contributed by atoms with van der Waals surface area (Å²) in [6.45, 7) is 9.57. The van der Waals surface area contributed by atoms with Crippen LogP contribution in [0.3, 0.4) is 0 Å². The molecule has 0 spiro atoms. The van der Waals surface area contributed by atoms with Gasteiger partial charge in [0.25, 0.3) is 0 Å². The second kappa shape index (κ2) is 12.2. The van der Waals surface area contributed by atoms with E-state index in [-0.39, 0.29) is 31.5 Å². The molecule has 0 bridgehead atoms. The number of alkyl carbamates (subject to hydrolysis) is 1. The Hall–Kier alpha value is -2.61. The lowest BCUT2D eigenvalue weighted by atomic mass is 10.0. The summed E-state index contributed by atoms with van der Waals surface area (Å²) in [7, 11) is 0. The summed E-state index contributed by atoms with van der Waals surface area (Å²) in [5, 5.41) is 15.1. The molecule has 3 N–H and O–H groups in total. The van der Waals surface area contributed by atoms with Crippen molar-refractivity contribution in [2.75, 3.05) is 6.54 Å². The van der Waals surface area contributed by atoms with Gasteiger partial charge in [0.1, 0.15) is 18.2 Å². The van der Waals surface area contributed by atoms with Crippen LogP contribution in [0.2, 0.25) is 0 Å². The quantitative estimate of drug-likeness (QED) is 0.470. The lowest BCUT2D eigenvalue weighted by Gasteiger charge is -2.26. The molecule has 168 valence electrons. The van der Waals surface area contributed by atoms with Gasteiger partial charge in [0.2, 0.25) is 0 Å². The molecule has 1 aromatic carbocycles. The maximum absolute atomic E-state index is 12.1. The van der Waals surface area contributed by atoms with E-state index in [4.69, 9.17) is 9.47 Å². The highest BCUT2D eigenvalue weighted by Crippen LogP contribution is 2.10. The Morgan fingerprint density at radius 1 is 1.10 bits per heavy atom. The first-order valence-electron chi connectivity index (χ1n) is 10.1. The van der Waals surface area contributed by atoms with E-state index >= 15 is 0 Å². The molecule has 0 saturated heterocycles. The molecular formula is C22H34N2O6. The molecule has 30 heavy (non-hydrogen) atoms. The van der Waals surface area contributed by atoms with Crippen LogP contribution in [0.1, 0.15) is 53.0 Å². The minimum Gasteiger partial charge on any atom is -0.480 e. The van der Waals surface area contributed by atoms with Gasteiger partial charge in [-0.25, -0.2) is 4.79 Å². The largest absolute Gasteiger partial charge is 0.480 e. The number of hydrogen-bond donors (Lipinski definition) is 3. The molecule has 8 heteroatoms. The van der Waals surface area contributed by atoms with Crippen LogP contribution in [0.25, 0.3) is 0 Å². The van der Waals surface area contributed by atoms with Crippen molar-refractivity contribution in [3.05, 3.63) is 35.9 Å². The molecule has 1 amide bonds. The Morgan fingerprint density at radius 3 is 2.27 bits per heavy atom. The van der Waals surface area contributed by atoms with Crippen molar-refractivity contribution in [1.29, 1.82) is 0 Å². The third-order valence-electron chi connectivity index (χ3n) is 4.00. The molecule has 0 aromatic heterocycles. The van der Waals surface area contributed by atoms with E-state index in [1.54, 1.807) is 20.8 Å². The van der Waals surface area contributed by atoms with Crippen molar-refractivity contribution in [2.24, 2.45) is 5.92 Å². The molecule has 0 aliphatic rings. The van der Waals surface area contributed by atoms with Crippen LogP contribution in [0.5, 0.6) is 0 Å². The molecule has 2 atom stereocenters. The number of amides is 1. The fourth-order valence-corrected chi connectivity index (χ4v) is 2.73. The van der Waals surface area contributed by atoms with Gasteiger partial charge in [-0.15, -0.1) is 0 Å². The number of esters is 1. The first-order chi connectivity index (χ1) is 14.0. The van der Waals surface area contributed by atoms with E-state index < -0.39 is 29.7 Å². The smallest absolute Gasteiger partial charge is 0.407 e. The third-order valence-corrected chi connectivity index (χ3v) is 4.00. The molecule has 1 aromatic rings. The number of carbonyl (C=O) groups excluding carboxylic acids is 2. The number of carbonyl (C=O) groups is 3. The molecule has 2 unspecified atom stereocenters. The molecule has 0 aliphatic carbocycles. The van der Waals surface area contributed by atoms with Crippen molar-refractivity contribution >= 4 is 18.0 Å². The van der Waals surface area contributed by atoms with Crippen LogP contribution in [0.4, 0.5) is 4.79 Å². The van der Waals surface area contributed by atoms with E-state index in [2.05, 4.69) is 10.6 Å². The summed E-state index contributed by atoms with van der Waals surface area (Å²) in [5.74, 6) is -1.50. The SMILES string of the molecule is CC(C)CC(CNC(CC(=O)OCc1ccccc1)C(=O)O)NC(=O)OC(C)(C)C. The highest BCUT2D eigenvalue weighted by molar-refractivity contribution is 5.81. The van der Waals surface area contributed by atoms with E-state index in [0.29, 0.717) is 6.42 Å².